The van der Waals surface area contributed by atoms with Crippen LogP contribution in [0.15, 0.2) is 18.2 Å². The van der Waals surface area contributed by atoms with Crippen molar-refractivity contribution in [1.82, 2.24) is 5.32 Å². The molecule has 2 aliphatic rings. The van der Waals surface area contributed by atoms with Gasteiger partial charge >= 0.3 is 0 Å². The van der Waals surface area contributed by atoms with Crippen LogP contribution in [0.1, 0.15) is 64.0 Å². The molecule has 0 amide bonds. The lowest BCUT2D eigenvalue weighted by molar-refractivity contribution is 0.138. The highest BCUT2D eigenvalue weighted by molar-refractivity contribution is 5.41. The SMILES string of the molecule is CC(NCc1ccc2c(c1)CC(C)(C)O2)C1CCCCC1. The van der Waals surface area contributed by atoms with Crippen LogP contribution in [0.25, 0.3) is 0 Å². The topological polar surface area (TPSA) is 21.3 Å². The van der Waals surface area contributed by atoms with E-state index >= 15 is 0 Å². The molecule has 3 rings (SSSR count). The van der Waals surface area contributed by atoms with Crippen molar-refractivity contribution in [3.8, 4) is 5.75 Å². The highest BCUT2D eigenvalue weighted by Gasteiger charge is 2.29. The molecule has 1 aliphatic heterocycles. The fraction of sp³-hybridized carbons (Fsp3) is 0.684. The first-order chi connectivity index (χ1) is 10.0. The van der Waals surface area contributed by atoms with Gasteiger partial charge in [-0.3, -0.25) is 0 Å². The van der Waals surface area contributed by atoms with Crippen LogP contribution in [-0.2, 0) is 13.0 Å². The third-order valence-electron chi connectivity index (χ3n) is 5.11. The van der Waals surface area contributed by atoms with Gasteiger partial charge in [0.2, 0.25) is 0 Å². The van der Waals surface area contributed by atoms with Gasteiger partial charge in [0.15, 0.2) is 0 Å². The molecule has 1 fully saturated rings. The van der Waals surface area contributed by atoms with Gasteiger partial charge in [0.25, 0.3) is 0 Å². The third kappa shape index (κ3) is 3.60. The molecular weight excluding hydrogens is 258 g/mol. The number of ether oxygens (including phenoxy) is 1. The van der Waals surface area contributed by atoms with Gasteiger partial charge in [0.1, 0.15) is 11.4 Å². The van der Waals surface area contributed by atoms with Crippen molar-refractivity contribution in [3.63, 3.8) is 0 Å². The van der Waals surface area contributed by atoms with E-state index in [1.165, 1.54) is 43.2 Å². The van der Waals surface area contributed by atoms with Gasteiger partial charge in [-0.2, -0.15) is 0 Å². The van der Waals surface area contributed by atoms with Gasteiger partial charge in [-0.1, -0.05) is 31.4 Å². The summed E-state index contributed by atoms with van der Waals surface area (Å²) in [4.78, 5) is 0. The quantitative estimate of drug-likeness (QED) is 0.883. The summed E-state index contributed by atoms with van der Waals surface area (Å²) >= 11 is 0. The van der Waals surface area contributed by atoms with Crippen molar-refractivity contribution in [3.05, 3.63) is 29.3 Å². The summed E-state index contributed by atoms with van der Waals surface area (Å²) in [6.07, 6.45) is 8.10. The van der Waals surface area contributed by atoms with Gasteiger partial charge in [0.05, 0.1) is 0 Å². The number of nitrogens with one attached hydrogen (secondary N) is 1. The maximum atomic E-state index is 5.95. The second-order valence-corrected chi connectivity index (χ2v) is 7.55. The van der Waals surface area contributed by atoms with E-state index in [1.807, 2.05) is 0 Å². The minimum absolute atomic E-state index is 0.0379. The molecular formula is C19H29NO. The van der Waals surface area contributed by atoms with Crippen molar-refractivity contribution in [2.24, 2.45) is 5.92 Å². The van der Waals surface area contributed by atoms with Crippen LogP contribution >= 0.6 is 0 Å². The Bertz CT molecular complexity index is 488. The Kier molecular flexibility index (Phi) is 4.26. The van der Waals surface area contributed by atoms with E-state index in [0.29, 0.717) is 6.04 Å². The summed E-state index contributed by atoms with van der Waals surface area (Å²) in [6.45, 7) is 7.66. The van der Waals surface area contributed by atoms with Crippen molar-refractivity contribution in [2.45, 2.75) is 77.5 Å². The number of benzene rings is 1. The standard InChI is InChI=1S/C19H29NO/c1-14(16-7-5-4-6-8-16)20-13-15-9-10-18-17(11-15)12-19(2,3)21-18/h9-11,14,16,20H,4-8,12-13H2,1-3H3. The van der Waals surface area contributed by atoms with Gasteiger partial charge in [0, 0.05) is 19.0 Å². The van der Waals surface area contributed by atoms with Gasteiger partial charge in [-0.25, -0.2) is 0 Å². The smallest absolute Gasteiger partial charge is 0.123 e. The normalized spacial score (nSPS) is 22.6. The lowest BCUT2D eigenvalue weighted by Gasteiger charge is -2.28. The summed E-state index contributed by atoms with van der Waals surface area (Å²) in [5.41, 5.74) is 2.71. The van der Waals surface area contributed by atoms with Crippen molar-refractivity contribution < 1.29 is 4.74 Å². The molecule has 1 heterocycles. The summed E-state index contributed by atoms with van der Waals surface area (Å²) < 4.78 is 5.95. The Morgan fingerprint density at radius 3 is 2.76 bits per heavy atom. The maximum Gasteiger partial charge on any atom is 0.123 e. The highest BCUT2D eigenvalue weighted by atomic mass is 16.5. The molecule has 1 aliphatic carbocycles. The van der Waals surface area contributed by atoms with Crippen molar-refractivity contribution >= 4 is 0 Å². The number of hydrogen-bond donors (Lipinski definition) is 1. The van der Waals surface area contributed by atoms with Crippen LogP contribution < -0.4 is 10.1 Å². The van der Waals surface area contributed by atoms with E-state index in [4.69, 9.17) is 4.74 Å². The molecule has 21 heavy (non-hydrogen) atoms. The molecule has 1 aromatic carbocycles. The average molecular weight is 287 g/mol. The van der Waals surface area contributed by atoms with Crippen LogP contribution in [0.2, 0.25) is 0 Å². The third-order valence-corrected chi connectivity index (χ3v) is 5.11. The van der Waals surface area contributed by atoms with E-state index in [-0.39, 0.29) is 5.60 Å². The van der Waals surface area contributed by atoms with Gasteiger partial charge < -0.3 is 10.1 Å². The molecule has 0 spiro atoms. The molecule has 1 atom stereocenters. The average Bonchev–Trinajstić information content (AvgIpc) is 2.78. The molecule has 1 N–H and O–H groups in total. The lowest BCUT2D eigenvalue weighted by Crippen LogP contribution is -2.34. The molecule has 0 aromatic heterocycles. The zero-order valence-corrected chi connectivity index (χ0v) is 13.7. The molecule has 0 saturated heterocycles. The first kappa shape index (κ1) is 14.9. The Balaban J connectivity index is 1.56. The number of fused-ring (bicyclic) bond motifs is 1. The summed E-state index contributed by atoms with van der Waals surface area (Å²) in [5.74, 6) is 1.94. The van der Waals surface area contributed by atoms with Crippen LogP contribution in [-0.4, -0.2) is 11.6 Å². The van der Waals surface area contributed by atoms with Crippen LogP contribution in [0.4, 0.5) is 0 Å². The Labute approximate surface area is 129 Å². The van der Waals surface area contributed by atoms with E-state index in [0.717, 1.165) is 24.6 Å². The molecule has 1 unspecified atom stereocenters. The number of hydrogen-bond acceptors (Lipinski definition) is 2. The lowest BCUT2D eigenvalue weighted by atomic mass is 9.84. The second kappa shape index (κ2) is 6.00. The Morgan fingerprint density at radius 2 is 2.00 bits per heavy atom. The van der Waals surface area contributed by atoms with Crippen LogP contribution in [0.5, 0.6) is 5.75 Å². The highest BCUT2D eigenvalue weighted by Crippen LogP contribution is 2.35. The molecule has 1 saturated carbocycles. The number of rotatable bonds is 4. The molecule has 2 heteroatoms. The van der Waals surface area contributed by atoms with Gasteiger partial charge in [-0.05, 0) is 56.7 Å². The summed E-state index contributed by atoms with van der Waals surface area (Å²) in [5, 5.41) is 3.74. The van der Waals surface area contributed by atoms with Crippen LogP contribution in [0, 0.1) is 5.92 Å². The monoisotopic (exact) mass is 287 g/mol. The zero-order chi connectivity index (χ0) is 14.9. The molecule has 2 nitrogen and oxygen atoms in total. The predicted molar refractivity (Wildman–Crippen MR) is 87.7 cm³/mol. The van der Waals surface area contributed by atoms with E-state index in [2.05, 4.69) is 44.3 Å². The molecule has 116 valence electrons. The predicted octanol–water partition coefficient (Wildman–Crippen LogP) is 4.46. The Morgan fingerprint density at radius 1 is 1.24 bits per heavy atom. The molecule has 0 radical (unpaired) electrons. The molecule has 0 bridgehead atoms. The van der Waals surface area contributed by atoms with E-state index < -0.39 is 0 Å². The minimum atomic E-state index is -0.0379. The van der Waals surface area contributed by atoms with Gasteiger partial charge in [-0.15, -0.1) is 0 Å². The fourth-order valence-electron chi connectivity index (χ4n) is 3.85. The fourth-order valence-corrected chi connectivity index (χ4v) is 3.85. The van der Waals surface area contributed by atoms with Crippen molar-refractivity contribution in [2.75, 3.05) is 0 Å². The first-order valence-corrected chi connectivity index (χ1v) is 8.58. The largest absolute Gasteiger partial charge is 0.487 e. The van der Waals surface area contributed by atoms with Crippen LogP contribution in [0.3, 0.4) is 0 Å². The molecule has 1 aromatic rings. The minimum Gasteiger partial charge on any atom is -0.487 e. The zero-order valence-electron chi connectivity index (χ0n) is 13.7. The maximum absolute atomic E-state index is 5.95. The second-order valence-electron chi connectivity index (χ2n) is 7.55. The van der Waals surface area contributed by atoms with Crippen molar-refractivity contribution in [1.29, 1.82) is 0 Å². The summed E-state index contributed by atoms with van der Waals surface area (Å²) in [6, 6.07) is 7.31. The Hall–Kier alpha value is -1.02. The van der Waals surface area contributed by atoms with E-state index in [9.17, 15) is 0 Å². The summed E-state index contributed by atoms with van der Waals surface area (Å²) in [7, 11) is 0. The van der Waals surface area contributed by atoms with E-state index in [1.54, 1.807) is 0 Å². The first-order valence-electron chi connectivity index (χ1n) is 8.58.